The van der Waals surface area contributed by atoms with E-state index < -0.39 is 19.1 Å². The summed E-state index contributed by atoms with van der Waals surface area (Å²) in [5, 5.41) is 0. The first-order chi connectivity index (χ1) is 6.11. The SMILES string of the molecule is C=CB1OC(=O)CN(C)CC(=O)O1. The third kappa shape index (κ3) is 2.91. The van der Waals surface area contributed by atoms with Gasteiger partial charge in [-0.05, 0) is 13.0 Å². The molecule has 0 aromatic rings. The van der Waals surface area contributed by atoms with Crippen molar-refractivity contribution in [3.63, 3.8) is 0 Å². The number of carbonyl (C=O) groups is 2. The van der Waals surface area contributed by atoms with Gasteiger partial charge in [0.15, 0.2) is 0 Å². The smallest absolute Gasteiger partial charge is 0.495 e. The van der Waals surface area contributed by atoms with Gasteiger partial charge in [-0.15, -0.1) is 6.58 Å². The molecule has 13 heavy (non-hydrogen) atoms. The molecule has 6 heteroatoms. The zero-order valence-corrected chi connectivity index (χ0v) is 7.36. The van der Waals surface area contributed by atoms with Crippen molar-refractivity contribution >= 4 is 19.1 Å². The lowest BCUT2D eigenvalue weighted by Crippen LogP contribution is -2.41. The molecule has 1 fully saturated rings. The highest BCUT2D eigenvalue weighted by Crippen LogP contribution is 1.99. The lowest BCUT2D eigenvalue weighted by Gasteiger charge is -2.20. The van der Waals surface area contributed by atoms with Crippen molar-refractivity contribution in [2.45, 2.75) is 0 Å². The lowest BCUT2D eigenvalue weighted by molar-refractivity contribution is -0.145. The van der Waals surface area contributed by atoms with E-state index in [0.29, 0.717) is 0 Å². The van der Waals surface area contributed by atoms with Crippen LogP contribution in [0.5, 0.6) is 0 Å². The van der Waals surface area contributed by atoms with Crippen LogP contribution in [0.15, 0.2) is 12.6 Å². The molecule has 0 atom stereocenters. The van der Waals surface area contributed by atoms with E-state index in [1.54, 1.807) is 7.05 Å². The molecule has 1 aliphatic rings. The Morgan fingerprint density at radius 1 is 1.38 bits per heavy atom. The zero-order valence-electron chi connectivity index (χ0n) is 7.36. The van der Waals surface area contributed by atoms with Crippen LogP contribution in [0.1, 0.15) is 0 Å². The van der Waals surface area contributed by atoms with Gasteiger partial charge in [0, 0.05) is 0 Å². The van der Waals surface area contributed by atoms with E-state index in [1.165, 1.54) is 10.9 Å². The van der Waals surface area contributed by atoms with E-state index in [2.05, 4.69) is 6.58 Å². The summed E-state index contributed by atoms with van der Waals surface area (Å²) in [6.45, 7) is 3.54. The topological polar surface area (TPSA) is 55.8 Å². The fourth-order valence-corrected chi connectivity index (χ4v) is 0.951. The van der Waals surface area contributed by atoms with Crippen LogP contribution < -0.4 is 0 Å². The average Bonchev–Trinajstić information content (AvgIpc) is 1.99. The third-order valence-electron chi connectivity index (χ3n) is 1.49. The van der Waals surface area contributed by atoms with Crippen LogP contribution in [-0.2, 0) is 18.9 Å². The minimum absolute atomic E-state index is 0.0828. The van der Waals surface area contributed by atoms with Gasteiger partial charge < -0.3 is 9.31 Å². The maximum Gasteiger partial charge on any atom is 0.628 e. The van der Waals surface area contributed by atoms with Gasteiger partial charge in [0.1, 0.15) is 0 Å². The van der Waals surface area contributed by atoms with Crippen molar-refractivity contribution in [2.75, 3.05) is 20.1 Å². The summed E-state index contributed by atoms with van der Waals surface area (Å²) < 4.78 is 9.48. The van der Waals surface area contributed by atoms with Crippen molar-refractivity contribution < 1.29 is 18.9 Å². The highest BCUT2D eigenvalue weighted by atomic mass is 16.6. The highest BCUT2D eigenvalue weighted by Gasteiger charge is 2.28. The van der Waals surface area contributed by atoms with E-state index >= 15 is 0 Å². The van der Waals surface area contributed by atoms with Crippen LogP contribution in [0.4, 0.5) is 0 Å². The molecule has 5 nitrogen and oxygen atoms in total. The monoisotopic (exact) mass is 183 g/mol. The van der Waals surface area contributed by atoms with Crippen LogP contribution in [0, 0.1) is 0 Å². The van der Waals surface area contributed by atoms with Crippen molar-refractivity contribution in [1.29, 1.82) is 0 Å². The Bertz CT molecular complexity index is 223. The summed E-state index contributed by atoms with van der Waals surface area (Å²) in [5.41, 5.74) is 0. The molecule has 70 valence electrons. The molecular formula is C7H10BNO4. The van der Waals surface area contributed by atoms with Gasteiger partial charge in [-0.1, -0.05) is 0 Å². The quantitative estimate of drug-likeness (QED) is 0.499. The van der Waals surface area contributed by atoms with Crippen molar-refractivity contribution in [3.05, 3.63) is 12.6 Å². The molecule has 0 aliphatic carbocycles. The van der Waals surface area contributed by atoms with Crippen LogP contribution >= 0.6 is 0 Å². The molecule has 0 N–H and O–H groups in total. The first-order valence-electron chi connectivity index (χ1n) is 3.82. The third-order valence-corrected chi connectivity index (χ3v) is 1.49. The van der Waals surface area contributed by atoms with Crippen LogP contribution in [0.25, 0.3) is 0 Å². The van der Waals surface area contributed by atoms with Gasteiger partial charge in [-0.25, -0.2) is 0 Å². The minimum Gasteiger partial charge on any atom is -0.495 e. The molecule has 0 amide bonds. The van der Waals surface area contributed by atoms with Crippen LogP contribution in [0.3, 0.4) is 0 Å². The van der Waals surface area contributed by atoms with Crippen molar-refractivity contribution in [3.8, 4) is 0 Å². The van der Waals surface area contributed by atoms with E-state index in [9.17, 15) is 9.59 Å². The van der Waals surface area contributed by atoms with Gasteiger partial charge in [0.2, 0.25) is 0 Å². The summed E-state index contributed by atoms with van der Waals surface area (Å²) in [7, 11) is 0.685. The Labute approximate surface area is 76.4 Å². The Kier molecular flexibility index (Phi) is 3.08. The summed E-state index contributed by atoms with van der Waals surface area (Å²) >= 11 is 0. The van der Waals surface area contributed by atoms with Gasteiger partial charge in [0.05, 0.1) is 13.1 Å². The maximum atomic E-state index is 11.0. The fourth-order valence-electron chi connectivity index (χ4n) is 0.951. The van der Waals surface area contributed by atoms with Crippen LogP contribution in [0.2, 0.25) is 0 Å². The Morgan fingerprint density at radius 3 is 2.23 bits per heavy atom. The molecule has 0 radical (unpaired) electrons. The molecular weight excluding hydrogens is 173 g/mol. The molecule has 1 aliphatic heterocycles. The van der Waals surface area contributed by atoms with Crippen molar-refractivity contribution in [1.82, 2.24) is 4.90 Å². The summed E-state index contributed by atoms with van der Waals surface area (Å²) in [6.07, 6.45) is 0. The summed E-state index contributed by atoms with van der Waals surface area (Å²) in [5.74, 6) is 0.404. The molecule has 0 saturated carbocycles. The molecule has 0 unspecified atom stereocenters. The second kappa shape index (κ2) is 4.09. The predicted octanol–water partition coefficient (Wildman–Crippen LogP) is -0.768. The Hall–Kier alpha value is -1.30. The number of carbonyl (C=O) groups excluding carboxylic acids is 2. The number of rotatable bonds is 1. The van der Waals surface area contributed by atoms with Crippen molar-refractivity contribution in [2.24, 2.45) is 0 Å². The molecule has 1 heterocycles. The second-order valence-corrected chi connectivity index (χ2v) is 2.76. The maximum absolute atomic E-state index is 11.0. The van der Waals surface area contributed by atoms with E-state index in [0.717, 1.165) is 0 Å². The molecule has 1 saturated heterocycles. The van der Waals surface area contributed by atoms with E-state index in [4.69, 9.17) is 9.31 Å². The zero-order chi connectivity index (χ0) is 9.84. The standard InChI is InChI=1S/C7H10BNO4/c1-3-8-12-6(10)4-9(2)5-7(11)13-8/h3H,1,4-5H2,2H3. The summed E-state index contributed by atoms with van der Waals surface area (Å²) in [4.78, 5) is 23.6. The average molecular weight is 183 g/mol. The van der Waals surface area contributed by atoms with Gasteiger partial charge >= 0.3 is 19.1 Å². The first kappa shape index (κ1) is 9.79. The molecule has 0 spiro atoms. The van der Waals surface area contributed by atoms with Crippen LogP contribution in [-0.4, -0.2) is 44.1 Å². The van der Waals surface area contributed by atoms with Gasteiger partial charge in [0.25, 0.3) is 0 Å². The molecule has 1 rings (SSSR count). The highest BCUT2D eigenvalue weighted by molar-refractivity contribution is 6.54. The largest absolute Gasteiger partial charge is 0.628 e. The Morgan fingerprint density at radius 2 is 1.85 bits per heavy atom. The fraction of sp³-hybridized carbons (Fsp3) is 0.429. The second-order valence-electron chi connectivity index (χ2n) is 2.76. The van der Waals surface area contributed by atoms with E-state index in [-0.39, 0.29) is 13.1 Å². The summed E-state index contributed by atoms with van der Waals surface area (Å²) in [6, 6.07) is 0. The molecule has 0 bridgehead atoms. The number of nitrogens with zero attached hydrogens (tertiary/aromatic N) is 1. The number of likely N-dealkylation sites (N-methyl/N-ethyl adjacent to an activating group) is 1. The van der Waals surface area contributed by atoms with Gasteiger partial charge in [-0.3, -0.25) is 14.5 Å². The Balaban J connectivity index is 2.63. The molecule has 0 aromatic carbocycles. The normalized spacial score (nSPS) is 19.9. The predicted molar refractivity (Wildman–Crippen MR) is 45.6 cm³/mol. The first-order valence-corrected chi connectivity index (χ1v) is 3.82. The number of hydrogen-bond acceptors (Lipinski definition) is 5. The van der Waals surface area contributed by atoms with E-state index in [1.807, 2.05) is 0 Å². The number of hydrogen-bond donors (Lipinski definition) is 0. The lowest BCUT2D eigenvalue weighted by atomic mass is 9.91. The van der Waals surface area contributed by atoms with Gasteiger partial charge in [-0.2, -0.15) is 0 Å². The minimum atomic E-state index is -0.950. The molecule has 0 aromatic heterocycles.